The Labute approximate surface area is 72.5 Å². The molecule has 0 saturated heterocycles. The Kier molecular flexibility index (Phi) is 56.8. The summed E-state index contributed by atoms with van der Waals surface area (Å²) >= 11 is 0. The molecule has 0 atom stereocenters. The molecule has 7 heavy (non-hydrogen) atoms. The largest absolute Gasteiger partial charge is 2.00 e. The Morgan fingerprint density at radius 1 is 1.14 bits per heavy atom. The molecule has 0 aliphatic rings. The molecule has 0 spiro atoms. The third-order valence-electron chi connectivity index (χ3n) is 0. The zero-order valence-electron chi connectivity index (χ0n) is 3.55. The molecule has 0 saturated carbocycles. The van der Waals surface area contributed by atoms with Crippen molar-refractivity contribution < 1.29 is 20.5 Å². The van der Waals surface area contributed by atoms with Gasteiger partial charge in [-0.05, 0) is 6.16 Å². The van der Waals surface area contributed by atoms with E-state index in [4.69, 9.17) is 15.0 Å². The van der Waals surface area contributed by atoms with Gasteiger partial charge in [-0.25, -0.2) is 0 Å². The van der Waals surface area contributed by atoms with E-state index in [1.54, 1.807) is 0 Å². The van der Waals surface area contributed by atoms with Crippen LogP contribution in [0.2, 0.25) is 0 Å². The minimum atomic E-state index is -2.33. The molecule has 0 aliphatic carbocycles. The first-order chi connectivity index (χ1) is 1.73. The minimum absolute atomic E-state index is 0. The maximum absolute atomic E-state index is 8.33. The molecule has 0 N–H and O–H groups in total. The van der Waals surface area contributed by atoms with Gasteiger partial charge < -0.3 is 20.5 Å². The van der Waals surface area contributed by atoms with Gasteiger partial charge in [0.25, 0.3) is 0 Å². The van der Waals surface area contributed by atoms with Crippen molar-refractivity contribution >= 4 is 52.3 Å². The van der Waals surface area contributed by atoms with Gasteiger partial charge in [-0.1, -0.05) is 0 Å². The second-order valence-corrected chi connectivity index (χ2v) is 0.250. The van der Waals surface area contributed by atoms with Gasteiger partial charge in [0.2, 0.25) is 0 Å². The number of hydrogen-bond acceptors (Lipinski definition) is 3. The third-order valence-corrected chi connectivity index (χ3v) is 0. The molecule has 0 amide bonds. The Morgan fingerprint density at radius 2 is 1.14 bits per heavy atom. The van der Waals surface area contributed by atoms with E-state index in [2.05, 4.69) is 0 Å². The van der Waals surface area contributed by atoms with E-state index in [0.29, 0.717) is 0 Å². The van der Waals surface area contributed by atoms with Gasteiger partial charge in [0.1, 0.15) is 0 Å². The molecule has 4 nitrogen and oxygen atoms in total. The molecule has 0 rings (SSSR count). The monoisotopic (exact) mass is 124 g/mol. The Balaban J connectivity index is -0.0000000150. The fourth-order valence-corrected chi connectivity index (χ4v) is 0. The van der Waals surface area contributed by atoms with Crippen LogP contribution in [0, 0.1) is 0 Å². The van der Waals surface area contributed by atoms with Crippen molar-refractivity contribution in [3.63, 3.8) is 0 Å². The first kappa shape index (κ1) is 25.1. The molecule has 0 aromatic heterocycles. The molecule has 0 fully saturated rings. The fourth-order valence-electron chi connectivity index (χ4n) is 0. The van der Waals surface area contributed by atoms with Crippen LogP contribution < -0.4 is 10.2 Å². The van der Waals surface area contributed by atoms with Crippen molar-refractivity contribution in [1.29, 1.82) is 0 Å². The number of carboxylic acid groups (broad SMARTS) is 2. The predicted molar refractivity (Wildman–Crippen MR) is 17.6 cm³/mol. The van der Waals surface area contributed by atoms with Gasteiger partial charge >= 0.3 is 46.1 Å². The summed E-state index contributed by atoms with van der Waals surface area (Å²) in [7, 11) is 0. The zero-order chi connectivity index (χ0) is 3.58. The normalized spacial score (nSPS) is 3.43. The number of rotatable bonds is 0. The average Bonchev–Trinajstić information content (AvgIpc) is 0.811. The Morgan fingerprint density at radius 3 is 1.14 bits per heavy atom. The second kappa shape index (κ2) is 15.9. The summed E-state index contributed by atoms with van der Waals surface area (Å²) in [6.45, 7) is 0. The summed E-state index contributed by atoms with van der Waals surface area (Å²) in [5.41, 5.74) is 0. The van der Waals surface area contributed by atoms with Gasteiger partial charge in [0.15, 0.2) is 0 Å². The Bertz CT molecular complexity index is 32.7. The van der Waals surface area contributed by atoms with Crippen molar-refractivity contribution in [3.8, 4) is 0 Å². The maximum atomic E-state index is 8.33. The standard InChI is InChI=1S/CH2O3.2Mg.O/c2-1(3)4;;;/h(H2,2,3,4);;;/q;2*+2;-2/p-2. The first-order valence-electron chi connectivity index (χ1n) is 0.612. The molecule has 0 bridgehead atoms. The van der Waals surface area contributed by atoms with Crippen LogP contribution in [0.25, 0.3) is 0 Å². The quantitative estimate of drug-likeness (QED) is 0.316. The fraction of sp³-hybridized carbons (Fsp3) is 0. The third kappa shape index (κ3) is 264. The summed E-state index contributed by atoms with van der Waals surface area (Å²) in [4.78, 5) is 8.33. The van der Waals surface area contributed by atoms with Crippen LogP contribution in [0.15, 0.2) is 0 Å². The van der Waals surface area contributed by atoms with E-state index in [1.165, 1.54) is 0 Å². The van der Waals surface area contributed by atoms with Crippen LogP contribution in [0.1, 0.15) is 0 Å². The van der Waals surface area contributed by atoms with Crippen LogP contribution in [0.5, 0.6) is 0 Å². The van der Waals surface area contributed by atoms with Crippen molar-refractivity contribution in [2.75, 3.05) is 0 Å². The maximum Gasteiger partial charge on any atom is 2.00 e. The molecular formula is CMg2O4. The molecule has 0 radical (unpaired) electrons. The van der Waals surface area contributed by atoms with Crippen LogP contribution in [0.4, 0.5) is 4.79 Å². The number of carbonyl (C=O) groups is 1. The number of hydrogen-bond donors (Lipinski definition) is 0. The summed E-state index contributed by atoms with van der Waals surface area (Å²) in [5.74, 6) is 0. The van der Waals surface area contributed by atoms with Crippen molar-refractivity contribution in [2.45, 2.75) is 0 Å². The van der Waals surface area contributed by atoms with Gasteiger partial charge in [-0.15, -0.1) is 0 Å². The van der Waals surface area contributed by atoms with Crippen LogP contribution in [0.3, 0.4) is 0 Å². The molecule has 0 unspecified atom stereocenters. The molecule has 0 aromatic carbocycles. The summed E-state index contributed by atoms with van der Waals surface area (Å²) in [5, 5.41) is 16.7. The number of carbonyl (C=O) groups excluding carboxylic acids is 1. The molecule has 0 aliphatic heterocycles. The zero-order valence-corrected chi connectivity index (χ0v) is 6.38. The van der Waals surface area contributed by atoms with E-state index in [1.807, 2.05) is 0 Å². The van der Waals surface area contributed by atoms with Crippen molar-refractivity contribution in [3.05, 3.63) is 0 Å². The predicted octanol–water partition coefficient (Wildman–Crippen LogP) is -3.33. The van der Waals surface area contributed by atoms with Crippen LogP contribution >= 0.6 is 0 Å². The molecular weight excluding hydrogens is 125 g/mol. The van der Waals surface area contributed by atoms with Gasteiger partial charge in [0.05, 0.1) is 0 Å². The summed E-state index contributed by atoms with van der Waals surface area (Å²) < 4.78 is 0. The Hall–Kier alpha value is 0.762. The van der Waals surface area contributed by atoms with Gasteiger partial charge in [-0.3, -0.25) is 0 Å². The van der Waals surface area contributed by atoms with Crippen molar-refractivity contribution in [2.24, 2.45) is 0 Å². The van der Waals surface area contributed by atoms with E-state index >= 15 is 0 Å². The van der Waals surface area contributed by atoms with Crippen LogP contribution in [-0.2, 0) is 5.48 Å². The van der Waals surface area contributed by atoms with E-state index in [0.717, 1.165) is 0 Å². The second-order valence-electron chi connectivity index (χ2n) is 0.250. The van der Waals surface area contributed by atoms with Crippen molar-refractivity contribution in [1.82, 2.24) is 0 Å². The first-order valence-corrected chi connectivity index (χ1v) is 0.612. The van der Waals surface area contributed by atoms with E-state index < -0.39 is 6.16 Å². The van der Waals surface area contributed by atoms with E-state index in [9.17, 15) is 0 Å². The summed E-state index contributed by atoms with van der Waals surface area (Å²) in [6.07, 6.45) is -2.33. The molecule has 6 heteroatoms. The topological polar surface area (TPSA) is 91.7 Å². The SMILES string of the molecule is O=C([O-])[O-].[Mg+2].[Mg+2].[O-2]. The molecule has 0 aromatic rings. The summed E-state index contributed by atoms with van der Waals surface area (Å²) in [6, 6.07) is 0. The smallest absolute Gasteiger partial charge is 2.00 e. The van der Waals surface area contributed by atoms with Gasteiger partial charge in [-0.2, -0.15) is 0 Å². The minimum Gasteiger partial charge on any atom is -2.00 e. The molecule has 0 heterocycles. The van der Waals surface area contributed by atoms with Crippen LogP contribution in [-0.4, -0.2) is 52.3 Å². The van der Waals surface area contributed by atoms with E-state index in [-0.39, 0.29) is 51.6 Å². The van der Waals surface area contributed by atoms with Gasteiger partial charge in [0, 0.05) is 0 Å². The average molecular weight is 125 g/mol. The molecule has 32 valence electrons.